The number of anilines is 1. The third-order valence-corrected chi connectivity index (χ3v) is 9.53. The molecule has 12 heteroatoms. The minimum absolute atomic E-state index is 0.0814. The van der Waals surface area contributed by atoms with Gasteiger partial charge in [-0.25, -0.2) is 9.97 Å². The number of nitrogens with zero attached hydrogens (tertiary/aromatic N) is 3. The van der Waals surface area contributed by atoms with Crippen LogP contribution in [0.25, 0.3) is 20.4 Å². The number of hydrogen-bond donors (Lipinski definition) is 1. The van der Waals surface area contributed by atoms with Crippen molar-refractivity contribution < 1.29 is 14.5 Å². The van der Waals surface area contributed by atoms with Crippen LogP contribution >= 0.6 is 46.2 Å². The van der Waals surface area contributed by atoms with Gasteiger partial charge in [0.15, 0.2) is 8.68 Å². The van der Waals surface area contributed by atoms with Crippen molar-refractivity contribution in [3.8, 4) is 5.75 Å². The van der Waals surface area contributed by atoms with Gasteiger partial charge in [-0.3, -0.25) is 14.9 Å². The van der Waals surface area contributed by atoms with Crippen molar-refractivity contribution in [2.75, 3.05) is 17.7 Å². The van der Waals surface area contributed by atoms with Crippen LogP contribution in [0.3, 0.4) is 0 Å². The van der Waals surface area contributed by atoms with E-state index in [2.05, 4.69) is 15.3 Å². The van der Waals surface area contributed by atoms with Crippen LogP contribution in [0.2, 0.25) is 0 Å². The molecule has 5 aromatic rings. The van der Waals surface area contributed by atoms with E-state index in [0.717, 1.165) is 46.1 Å². The number of thiazole rings is 2. The third kappa shape index (κ3) is 6.39. The number of nitro benzene ring substituents is 1. The zero-order valence-corrected chi connectivity index (χ0v) is 22.8. The number of non-ortho nitro benzene ring substituents is 1. The summed E-state index contributed by atoms with van der Waals surface area (Å²) in [5.74, 6) is 1.64. The van der Waals surface area contributed by atoms with E-state index in [-0.39, 0.29) is 17.3 Å². The zero-order valence-electron chi connectivity index (χ0n) is 19.5. The van der Waals surface area contributed by atoms with E-state index in [1.54, 1.807) is 46.6 Å². The lowest BCUT2D eigenvalue weighted by Crippen LogP contribution is -2.13. The molecule has 0 saturated carbocycles. The summed E-state index contributed by atoms with van der Waals surface area (Å²) in [4.78, 5) is 32.2. The van der Waals surface area contributed by atoms with Gasteiger partial charge in [0.25, 0.3) is 5.69 Å². The maximum absolute atomic E-state index is 12.6. The predicted octanol–water partition coefficient (Wildman–Crippen LogP) is 7.24. The summed E-state index contributed by atoms with van der Waals surface area (Å²) in [6.07, 6.45) is 0. The number of amides is 1. The van der Waals surface area contributed by atoms with E-state index in [9.17, 15) is 14.9 Å². The van der Waals surface area contributed by atoms with Crippen molar-refractivity contribution in [2.45, 2.75) is 21.4 Å². The van der Waals surface area contributed by atoms with Gasteiger partial charge < -0.3 is 10.1 Å². The summed E-state index contributed by atoms with van der Waals surface area (Å²) >= 11 is 6.09. The monoisotopic (exact) mass is 568 g/mol. The number of aromatic nitrogens is 2. The van der Waals surface area contributed by atoms with E-state index in [0.29, 0.717) is 12.4 Å². The molecule has 0 aliphatic heterocycles. The molecule has 5 rings (SSSR count). The summed E-state index contributed by atoms with van der Waals surface area (Å²) in [5.41, 5.74) is 3.55. The number of benzene rings is 3. The van der Waals surface area contributed by atoms with Crippen LogP contribution in [0.15, 0.2) is 69.3 Å². The first-order chi connectivity index (χ1) is 18.0. The van der Waals surface area contributed by atoms with Crippen LogP contribution in [-0.4, -0.2) is 33.2 Å². The summed E-state index contributed by atoms with van der Waals surface area (Å²) in [6, 6.07) is 18.0. The lowest BCUT2D eigenvalue weighted by Gasteiger charge is -2.03. The fourth-order valence-corrected chi connectivity index (χ4v) is 7.39. The Morgan fingerprint density at radius 3 is 2.35 bits per heavy atom. The highest BCUT2D eigenvalue weighted by molar-refractivity contribution is 8.01. The van der Waals surface area contributed by atoms with Crippen molar-refractivity contribution >= 4 is 83.9 Å². The maximum atomic E-state index is 12.6. The number of nitro groups is 1. The van der Waals surface area contributed by atoms with Gasteiger partial charge >= 0.3 is 0 Å². The van der Waals surface area contributed by atoms with Crippen LogP contribution in [0.5, 0.6) is 5.75 Å². The molecular formula is C25H20N4O4S4. The van der Waals surface area contributed by atoms with Gasteiger partial charge in [-0.15, -0.1) is 22.7 Å². The second kappa shape index (κ2) is 11.5. The van der Waals surface area contributed by atoms with E-state index in [1.807, 2.05) is 43.3 Å². The van der Waals surface area contributed by atoms with Gasteiger partial charge in [0, 0.05) is 23.6 Å². The molecule has 0 atom stereocenters. The number of thioether (sulfide) groups is 2. The molecule has 2 heterocycles. The van der Waals surface area contributed by atoms with Crippen molar-refractivity contribution in [3.63, 3.8) is 0 Å². The lowest BCUT2D eigenvalue weighted by molar-refractivity contribution is -0.384. The van der Waals surface area contributed by atoms with Crippen molar-refractivity contribution in [2.24, 2.45) is 0 Å². The molecule has 0 saturated heterocycles. The second-order valence-electron chi connectivity index (χ2n) is 7.75. The molecule has 1 amide bonds. The quantitative estimate of drug-likeness (QED) is 0.107. The molecule has 8 nitrogen and oxygen atoms in total. The second-order valence-corrected chi connectivity index (χ2v) is 12.3. The van der Waals surface area contributed by atoms with E-state index in [4.69, 9.17) is 4.74 Å². The Morgan fingerprint density at radius 2 is 1.65 bits per heavy atom. The molecule has 0 aliphatic rings. The van der Waals surface area contributed by atoms with Gasteiger partial charge in [0.1, 0.15) is 5.75 Å². The van der Waals surface area contributed by atoms with E-state index in [1.165, 1.54) is 23.9 Å². The molecular weight excluding hydrogens is 549 g/mol. The topological polar surface area (TPSA) is 107 Å². The molecule has 2 aromatic heterocycles. The zero-order chi connectivity index (χ0) is 25.8. The van der Waals surface area contributed by atoms with Crippen LogP contribution < -0.4 is 10.1 Å². The maximum Gasteiger partial charge on any atom is 0.269 e. The Bertz CT molecular complexity index is 1580. The largest absolute Gasteiger partial charge is 0.494 e. The summed E-state index contributed by atoms with van der Waals surface area (Å²) in [6.45, 7) is 2.56. The molecule has 0 fully saturated rings. The molecule has 1 N–H and O–H groups in total. The Morgan fingerprint density at radius 1 is 0.973 bits per heavy atom. The number of hydrogen-bond acceptors (Lipinski definition) is 10. The number of nitrogens with one attached hydrogen (secondary N) is 1. The van der Waals surface area contributed by atoms with Crippen molar-refractivity contribution in [3.05, 3.63) is 76.3 Å². The fourth-order valence-electron chi connectivity index (χ4n) is 3.43. The number of carbonyl (C=O) groups excluding carboxylic acids is 1. The van der Waals surface area contributed by atoms with Crippen LogP contribution in [0, 0.1) is 10.1 Å². The highest BCUT2D eigenvalue weighted by Crippen LogP contribution is 2.34. The van der Waals surface area contributed by atoms with Gasteiger partial charge in [0.2, 0.25) is 5.91 Å². The number of ether oxygens (including phenoxy) is 1. The van der Waals surface area contributed by atoms with Crippen LogP contribution in [0.1, 0.15) is 12.5 Å². The molecule has 188 valence electrons. The highest BCUT2D eigenvalue weighted by atomic mass is 32.2. The normalized spacial score (nSPS) is 11.2. The van der Waals surface area contributed by atoms with E-state index >= 15 is 0 Å². The minimum atomic E-state index is -0.404. The summed E-state index contributed by atoms with van der Waals surface area (Å²) < 4.78 is 9.30. The first-order valence-corrected chi connectivity index (χ1v) is 14.8. The Hall–Kier alpha value is -3.19. The van der Waals surface area contributed by atoms with Gasteiger partial charge in [-0.2, -0.15) is 0 Å². The standard InChI is InChI=1S/C25H20N4O4S4/c1-2-33-18-8-10-20-22(12-18)37-25(28-20)35-14-23(30)26-16-5-9-19-21(11-16)36-24(27-19)34-13-15-3-6-17(7-4-15)29(31)32/h3-12H,2,13-14H2,1H3,(H,26,30). The van der Waals surface area contributed by atoms with Gasteiger partial charge in [0.05, 0.1) is 37.7 Å². The molecule has 0 bridgehead atoms. The Labute approximate surface area is 228 Å². The van der Waals surface area contributed by atoms with Crippen LogP contribution in [0.4, 0.5) is 11.4 Å². The average Bonchev–Trinajstić information content (AvgIpc) is 3.49. The Kier molecular flexibility index (Phi) is 7.89. The number of rotatable bonds is 10. The fraction of sp³-hybridized carbons (Fsp3) is 0.160. The van der Waals surface area contributed by atoms with Crippen molar-refractivity contribution in [1.29, 1.82) is 0 Å². The highest BCUT2D eigenvalue weighted by Gasteiger charge is 2.11. The summed E-state index contributed by atoms with van der Waals surface area (Å²) in [5, 5.41) is 13.8. The first kappa shape index (κ1) is 25.5. The Balaban J connectivity index is 1.16. The molecule has 0 spiro atoms. The molecule has 0 radical (unpaired) electrons. The van der Waals surface area contributed by atoms with Crippen molar-refractivity contribution in [1.82, 2.24) is 9.97 Å². The number of carbonyl (C=O) groups is 1. The molecule has 0 aliphatic carbocycles. The number of fused-ring (bicyclic) bond motifs is 2. The van der Waals surface area contributed by atoms with Gasteiger partial charge in [-0.05, 0) is 48.9 Å². The third-order valence-electron chi connectivity index (χ3n) is 5.14. The lowest BCUT2D eigenvalue weighted by atomic mass is 10.2. The predicted molar refractivity (Wildman–Crippen MR) is 152 cm³/mol. The molecule has 3 aromatic carbocycles. The summed E-state index contributed by atoms with van der Waals surface area (Å²) in [7, 11) is 0. The SMILES string of the molecule is CCOc1ccc2nc(SCC(=O)Nc3ccc4nc(SCc5ccc([N+](=O)[O-])cc5)sc4c3)sc2c1. The first-order valence-electron chi connectivity index (χ1n) is 11.2. The van der Waals surface area contributed by atoms with Crippen LogP contribution in [-0.2, 0) is 10.5 Å². The smallest absolute Gasteiger partial charge is 0.269 e. The molecule has 0 unspecified atom stereocenters. The minimum Gasteiger partial charge on any atom is -0.494 e. The van der Waals surface area contributed by atoms with Gasteiger partial charge in [-0.1, -0.05) is 35.7 Å². The molecule has 37 heavy (non-hydrogen) atoms. The average molecular weight is 569 g/mol. The van der Waals surface area contributed by atoms with E-state index < -0.39 is 4.92 Å².